The molecular formula is C9H12F3N3O2. The van der Waals surface area contributed by atoms with E-state index in [0.29, 0.717) is 13.0 Å². The summed E-state index contributed by atoms with van der Waals surface area (Å²) in [6.45, 7) is 2.21. The highest BCUT2D eigenvalue weighted by atomic mass is 19.4. The van der Waals surface area contributed by atoms with Crippen molar-refractivity contribution < 1.29 is 23.1 Å². The van der Waals surface area contributed by atoms with Crippen molar-refractivity contribution in [3.05, 3.63) is 18.0 Å². The standard InChI is InChI=1S/C9H12F3N3O2/c1-2-3-15-5-6(4-14-15)8(13,7(16)17)9(10,11)12/h4-5H,2-3,13H2,1H3,(H,16,17). The fourth-order valence-electron chi connectivity index (χ4n) is 1.33. The van der Waals surface area contributed by atoms with Gasteiger partial charge in [0.25, 0.3) is 0 Å². The van der Waals surface area contributed by atoms with Gasteiger partial charge in [-0.2, -0.15) is 18.3 Å². The topological polar surface area (TPSA) is 81.1 Å². The molecule has 3 N–H and O–H groups in total. The van der Waals surface area contributed by atoms with Crippen molar-refractivity contribution in [1.82, 2.24) is 9.78 Å². The summed E-state index contributed by atoms with van der Waals surface area (Å²) in [7, 11) is 0. The number of aryl methyl sites for hydroxylation is 1. The van der Waals surface area contributed by atoms with Gasteiger partial charge in [0.2, 0.25) is 5.54 Å². The smallest absolute Gasteiger partial charge is 0.421 e. The van der Waals surface area contributed by atoms with Crippen LogP contribution in [0.1, 0.15) is 18.9 Å². The van der Waals surface area contributed by atoms with E-state index in [4.69, 9.17) is 10.8 Å². The van der Waals surface area contributed by atoms with E-state index in [-0.39, 0.29) is 0 Å². The fourth-order valence-corrected chi connectivity index (χ4v) is 1.33. The van der Waals surface area contributed by atoms with E-state index < -0.39 is 23.2 Å². The van der Waals surface area contributed by atoms with E-state index in [1.807, 2.05) is 6.92 Å². The van der Waals surface area contributed by atoms with Crippen LogP contribution in [0, 0.1) is 0 Å². The number of alkyl halides is 3. The quantitative estimate of drug-likeness (QED) is 0.839. The molecule has 5 nitrogen and oxygen atoms in total. The third-order valence-corrected chi connectivity index (χ3v) is 2.33. The number of aliphatic carboxylic acids is 1. The van der Waals surface area contributed by atoms with Crippen LogP contribution >= 0.6 is 0 Å². The normalized spacial score (nSPS) is 15.6. The molecule has 17 heavy (non-hydrogen) atoms. The molecule has 0 bridgehead atoms. The lowest BCUT2D eigenvalue weighted by Gasteiger charge is -2.25. The molecule has 0 aliphatic heterocycles. The lowest BCUT2D eigenvalue weighted by molar-refractivity contribution is -0.204. The summed E-state index contributed by atoms with van der Waals surface area (Å²) < 4.78 is 39.3. The Balaban J connectivity index is 3.19. The van der Waals surface area contributed by atoms with Crippen LogP contribution in [0.2, 0.25) is 0 Å². The van der Waals surface area contributed by atoms with Gasteiger partial charge in [0.1, 0.15) is 0 Å². The Kier molecular flexibility index (Phi) is 3.46. The van der Waals surface area contributed by atoms with Gasteiger partial charge in [0.05, 0.1) is 6.20 Å². The second-order valence-corrected chi connectivity index (χ2v) is 3.60. The average molecular weight is 251 g/mol. The van der Waals surface area contributed by atoms with E-state index in [1.165, 1.54) is 4.68 Å². The third kappa shape index (κ3) is 2.26. The van der Waals surface area contributed by atoms with E-state index in [1.54, 1.807) is 0 Å². The molecule has 0 aliphatic rings. The minimum Gasteiger partial charge on any atom is -0.479 e. The number of aromatic nitrogens is 2. The molecule has 1 aromatic heterocycles. The first-order valence-corrected chi connectivity index (χ1v) is 4.85. The maximum absolute atomic E-state index is 12.7. The molecule has 0 spiro atoms. The van der Waals surface area contributed by atoms with Crippen molar-refractivity contribution in [2.45, 2.75) is 31.6 Å². The Morgan fingerprint density at radius 3 is 2.59 bits per heavy atom. The average Bonchev–Trinajstić information content (AvgIpc) is 2.63. The van der Waals surface area contributed by atoms with E-state index >= 15 is 0 Å². The van der Waals surface area contributed by atoms with Crippen molar-refractivity contribution in [3.8, 4) is 0 Å². The van der Waals surface area contributed by atoms with Crippen LogP contribution in [0.4, 0.5) is 13.2 Å². The predicted molar refractivity (Wildman–Crippen MR) is 52.1 cm³/mol. The van der Waals surface area contributed by atoms with Crippen molar-refractivity contribution in [2.75, 3.05) is 0 Å². The minimum absolute atomic E-state index is 0.396. The Labute approximate surface area is 95.0 Å². The second kappa shape index (κ2) is 4.36. The first kappa shape index (κ1) is 13.5. The highest BCUT2D eigenvalue weighted by Crippen LogP contribution is 2.36. The Morgan fingerprint density at radius 2 is 2.18 bits per heavy atom. The van der Waals surface area contributed by atoms with Crippen molar-refractivity contribution in [2.24, 2.45) is 5.73 Å². The Bertz CT molecular complexity index is 416. The number of hydrogen-bond acceptors (Lipinski definition) is 3. The van der Waals surface area contributed by atoms with Gasteiger partial charge in [-0.3, -0.25) is 4.68 Å². The number of nitrogens with zero attached hydrogens (tertiary/aromatic N) is 2. The number of hydrogen-bond donors (Lipinski definition) is 2. The largest absolute Gasteiger partial charge is 0.479 e. The zero-order valence-electron chi connectivity index (χ0n) is 9.03. The summed E-state index contributed by atoms with van der Waals surface area (Å²) in [5.74, 6) is -2.15. The van der Waals surface area contributed by atoms with Crippen LogP contribution < -0.4 is 5.73 Å². The zero-order chi connectivity index (χ0) is 13.3. The number of nitrogens with two attached hydrogens (primary N) is 1. The van der Waals surface area contributed by atoms with Crippen LogP contribution in [-0.4, -0.2) is 27.0 Å². The van der Waals surface area contributed by atoms with Crippen LogP contribution in [0.25, 0.3) is 0 Å². The van der Waals surface area contributed by atoms with Crippen molar-refractivity contribution >= 4 is 5.97 Å². The fraction of sp³-hybridized carbons (Fsp3) is 0.556. The molecule has 0 aliphatic carbocycles. The number of rotatable bonds is 4. The van der Waals surface area contributed by atoms with Gasteiger partial charge in [0, 0.05) is 18.3 Å². The molecular weight excluding hydrogens is 239 g/mol. The summed E-state index contributed by atoms with van der Waals surface area (Å²) in [5.41, 5.74) is 0.975. The summed E-state index contributed by atoms with van der Waals surface area (Å²) in [4.78, 5) is 10.8. The lowest BCUT2D eigenvalue weighted by Crippen LogP contribution is -2.56. The lowest BCUT2D eigenvalue weighted by atomic mass is 9.93. The molecule has 0 amide bonds. The Morgan fingerprint density at radius 1 is 1.59 bits per heavy atom. The SMILES string of the molecule is CCCn1cc(C(N)(C(=O)O)C(F)(F)F)cn1. The maximum atomic E-state index is 12.7. The van der Waals surface area contributed by atoms with Gasteiger partial charge < -0.3 is 10.8 Å². The predicted octanol–water partition coefficient (Wildman–Crippen LogP) is 1.09. The number of carboxylic acid groups (broad SMARTS) is 1. The molecule has 1 heterocycles. The Hall–Kier alpha value is -1.57. The van der Waals surface area contributed by atoms with E-state index in [2.05, 4.69) is 5.10 Å². The number of carbonyl (C=O) groups is 1. The van der Waals surface area contributed by atoms with Crippen LogP contribution in [0.5, 0.6) is 0 Å². The van der Waals surface area contributed by atoms with Crippen LogP contribution in [0.3, 0.4) is 0 Å². The summed E-state index contributed by atoms with van der Waals surface area (Å²) in [6.07, 6.45) is -2.58. The number of halogens is 3. The van der Waals surface area contributed by atoms with Gasteiger partial charge in [-0.15, -0.1) is 0 Å². The number of carboxylic acids is 1. The highest BCUT2D eigenvalue weighted by Gasteiger charge is 2.60. The van der Waals surface area contributed by atoms with Gasteiger partial charge in [0.15, 0.2) is 0 Å². The summed E-state index contributed by atoms with van der Waals surface area (Å²) >= 11 is 0. The molecule has 1 rings (SSSR count). The molecule has 0 aromatic carbocycles. The van der Waals surface area contributed by atoms with Gasteiger partial charge in [-0.25, -0.2) is 4.79 Å². The zero-order valence-corrected chi connectivity index (χ0v) is 9.03. The van der Waals surface area contributed by atoms with Crippen molar-refractivity contribution in [3.63, 3.8) is 0 Å². The molecule has 96 valence electrons. The van der Waals surface area contributed by atoms with Gasteiger partial charge in [-0.05, 0) is 6.42 Å². The molecule has 0 saturated carbocycles. The minimum atomic E-state index is -5.08. The molecule has 1 aromatic rings. The maximum Gasteiger partial charge on any atom is 0.421 e. The summed E-state index contributed by atoms with van der Waals surface area (Å²) in [6, 6.07) is 0. The van der Waals surface area contributed by atoms with E-state index in [9.17, 15) is 18.0 Å². The first-order valence-electron chi connectivity index (χ1n) is 4.85. The molecule has 1 unspecified atom stereocenters. The highest BCUT2D eigenvalue weighted by molar-refractivity contribution is 5.81. The van der Waals surface area contributed by atoms with Gasteiger partial charge >= 0.3 is 12.1 Å². The molecule has 0 fully saturated rings. The molecule has 0 saturated heterocycles. The monoisotopic (exact) mass is 251 g/mol. The molecule has 0 radical (unpaired) electrons. The molecule has 8 heteroatoms. The van der Waals surface area contributed by atoms with Crippen LogP contribution in [0.15, 0.2) is 12.4 Å². The second-order valence-electron chi connectivity index (χ2n) is 3.60. The first-order chi connectivity index (χ1) is 7.73. The van der Waals surface area contributed by atoms with E-state index in [0.717, 1.165) is 12.4 Å². The van der Waals surface area contributed by atoms with Crippen LogP contribution in [-0.2, 0) is 16.9 Å². The van der Waals surface area contributed by atoms with Gasteiger partial charge in [-0.1, -0.05) is 6.92 Å². The van der Waals surface area contributed by atoms with Crippen molar-refractivity contribution in [1.29, 1.82) is 0 Å². The summed E-state index contributed by atoms with van der Waals surface area (Å²) in [5, 5.41) is 12.3. The molecule has 1 atom stereocenters. The third-order valence-electron chi connectivity index (χ3n) is 2.33.